The van der Waals surface area contributed by atoms with Gasteiger partial charge in [-0.15, -0.1) is 0 Å². The third kappa shape index (κ3) is 3.80. The van der Waals surface area contributed by atoms with Crippen LogP contribution in [0.5, 0.6) is 0 Å². The molecule has 6 heteroatoms. The first-order valence-electron chi connectivity index (χ1n) is 9.27. The van der Waals surface area contributed by atoms with Crippen LogP contribution in [-0.2, 0) is 15.3 Å². The fraction of sp³-hybridized carbons (Fsp3) is 0.550. The number of aryl methyl sites for hydroxylation is 1. The lowest BCUT2D eigenvalue weighted by Gasteiger charge is -2.20. The van der Waals surface area contributed by atoms with Crippen molar-refractivity contribution in [2.45, 2.75) is 68.7 Å². The van der Waals surface area contributed by atoms with Crippen molar-refractivity contribution in [2.75, 3.05) is 18.0 Å². The van der Waals surface area contributed by atoms with E-state index in [1.165, 1.54) is 0 Å². The van der Waals surface area contributed by atoms with Gasteiger partial charge in [-0.25, -0.2) is 8.42 Å². The second kappa shape index (κ2) is 7.06. The Labute approximate surface area is 156 Å². The third-order valence-corrected chi connectivity index (χ3v) is 6.37. The molecule has 1 aliphatic heterocycles. The van der Waals surface area contributed by atoms with Crippen LogP contribution in [-0.4, -0.2) is 26.5 Å². The smallest absolute Gasteiger partial charge is 0.236 e. The Morgan fingerprint density at radius 2 is 1.58 bits per heavy atom. The molecule has 1 saturated heterocycles. The van der Waals surface area contributed by atoms with E-state index >= 15 is 0 Å². The van der Waals surface area contributed by atoms with Gasteiger partial charge in [-0.05, 0) is 31.9 Å². The maximum Gasteiger partial charge on any atom is 0.236 e. The highest BCUT2D eigenvalue weighted by Gasteiger charge is 2.34. The van der Waals surface area contributed by atoms with Gasteiger partial charge in [0.1, 0.15) is 0 Å². The fourth-order valence-electron chi connectivity index (χ4n) is 3.10. The van der Waals surface area contributed by atoms with Crippen molar-refractivity contribution in [2.24, 2.45) is 0 Å². The Morgan fingerprint density at radius 3 is 2.12 bits per heavy atom. The lowest BCUT2D eigenvalue weighted by Crippen LogP contribution is -2.25. The van der Waals surface area contributed by atoms with Crippen LogP contribution in [0.2, 0.25) is 0 Å². The predicted octanol–water partition coefficient (Wildman–Crippen LogP) is 4.49. The third-order valence-electron chi connectivity index (χ3n) is 4.70. The Hall–Kier alpha value is -1.82. The quantitative estimate of drug-likeness (QED) is 0.789. The molecule has 1 aromatic carbocycles. The van der Waals surface area contributed by atoms with Gasteiger partial charge in [-0.3, -0.25) is 0 Å². The average Bonchev–Trinajstić information content (AvgIpc) is 2.87. The number of oxazole rings is 1. The molecule has 0 spiro atoms. The summed E-state index contributed by atoms with van der Waals surface area (Å²) in [5.41, 5.74) is 0.661. The zero-order chi connectivity index (χ0) is 18.9. The van der Waals surface area contributed by atoms with Crippen LogP contribution in [0.25, 0.3) is 0 Å². The maximum atomic E-state index is 13.3. The highest BCUT2D eigenvalue weighted by Crippen LogP contribution is 2.36. The predicted molar refractivity (Wildman–Crippen MR) is 103 cm³/mol. The second-order valence-corrected chi connectivity index (χ2v) is 9.96. The minimum atomic E-state index is -3.73. The molecule has 26 heavy (non-hydrogen) atoms. The monoisotopic (exact) mass is 376 g/mol. The van der Waals surface area contributed by atoms with E-state index in [9.17, 15) is 8.42 Å². The normalized spacial score (nSPS) is 16.5. The van der Waals surface area contributed by atoms with Gasteiger partial charge in [0.25, 0.3) is 0 Å². The highest BCUT2D eigenvalue weighted by atomic mass is 32.2. The van der Waals surface area contributed by atoms with E-state index in [2.05, 4.69) is 9.88 Å². The molecule has 5 nitrogen and oxygen atoms in total. The number of anilines is 1. The Kier molecular flexibility index (Phi) is 5.15. The van der Waals surface area contributed by atoms with Crippen molar-refractivity contribution >= 4 is 15.7 Å². The summed E-state index contributed by atoms with van der Waals surface area (Å²) in [5, 5.41) is 0.0492. The molecular weight excluding hydrogens is 348 g/mol. The molecule has 0 atom stereocenters. The number of nitrogens with zero attached hydrogens (tertiary/aromatic N) is 2. The maximum absolute atomic E-state index is 13.3. The Morgan fingerprint density at radius 1 is 1.00 bits per heavy atom. The summed E-state index contributed by atoms with van der Waals surface area (Å²) in [6.45, 7) is 9.48. The molecule has 0 saturated carbocycles. The van der Waals surface area contributed by atoms with Crippen LogP contribution in [0.3, 0.4) is 0 Å². The van der Waals surface area contributed by atoms with E-state index in [1.54, 1.807) is 12.1 Å². The van der Waals surface area contributed by atoms with Crippen molar-refractivity contribution in [3.05, 3.63) is 35.7 Å². The summed E-state index contributed by atoms with van der Waals surface area (Å²) in [6.07, 6.45) is 4.40. The van der Waals surface area contributed by atoms with Gasteiger partial charge in [0, 0.05) is 18.5 Å². The summed E-state index contributed by atoms with van der Waals surface area (Å²) in [7, 11) is -3.73. The number of hydrogen-bond acceptors (Lipinski definition) is 5. The number of rotatable bonds is 3. The zero-order valence-corrected chi connectivity index (χ0v) is 16.9. The van der Waals surface area contributed by atoms with Gasteiger partial charge >= 0.3 is 0 Å². The summed E-state index contributed by atoms with van der Waals surface area (Å²) in [6, 6.07) is 6.90. The van der Waals surface area contributed by atoms with Gasteiger partial charge in [-0.2, -0.15) is 4.98 Å². The fourth-order valence-corrected chi connectivity index (χ4v) is 4.42. The SMILES string of the molecule is Cc1ccc(S(=O)(=O)c2nc(C(C)(C)C)oc2N2CCCCCC2)cc1. The lowest BCUT2D eigenvalue weighted by molar-refractivity contribution is 0.391. The largest absolute Gasteiger partial charge is 0.423 e. The van der Waals surface area contributed by atoms with Crippen LogP contribution in [0.15, 0.2) is 38.6 Å². The van der Waals surface area contributed by atoms with Crippen molar-refractivity contribution in [3.8, 4) is 0 Å². The molecule has 0 unspecified atom stereocenters. The molecule has 0 N–H and O–H groups in total. The molecule has 2 heterocycles. The van der Waals surface area contributed by atoms with E-state index in [0.717, 1.165) is 44.3 Å². The van der Waals surface area contributed by atoms with E-state index in [0.29, 0.717) is 11.8 Å². The summed E-state index contributed by atoms with van der Waals surface area (Å²) >= 11 is 0. The first kappa shape index (κ1) is 19.0. The number of aromatic nitrogens is 1. The van der Waals surface area contributed by atoms with Crippen LogP contribution >= 0.6 is 0 Å². The summed E-state index contributed by atoms with van der Waals surface area (Å²) < 4.78 is 32.6. The Bertz CT molecular complexity index is 853. The molecule has 0 aliphatic carbocycles. The van der Waals surface area contributed by atoms with E-state index in [-0.39, 0.29) is 15.3 Å². The Balaban J connectivity index is 2.12. The van der Waals surface area contributed by atoms with E-state index in [1.807, 2.05) is 39.8 Å². The minimum absolute atomic E-state index is 0.0492. The molecule has 1 aromatic heterocycles. The van der Waals surface area contributed by atoms with Crippen LogP contribution in [0, 0.1) is 6.92 Å². The van der Waals surface area contributed by atoms with Gasteiger partial charge in [0.2, 0.25) is 26.6 Å². The summed E-state index contributed by atoms with van der Waals surface area (Å²) in [5.74, 6) is 0.861. The van der Waals surface area contributed by atoms with Crippen LogP contribution in [0.4, 0.5) is 5.88 Å². The highest BCUT2D eigenvalue weighted by molar-refractivity contribution is 7.91. The van der Waals surface area contributed by atoms with Crippen LogP contribution < -0.4 is 4.90 Å². The topological polar surface area (TPSA) is 63.4 Å². The standard InChI is InChI=1S/C20H28N2O3S/c1-15-9-11-16(12-10-15)26(23,24)17-18(22-13-7-5-6-8-14-22)25-19(21-17)20(2,3)4/h9-12H,5-8,13-14H2,1-4H3. The van der Waals surface area contributed by atoms with Crippen molar-refractivity contribution in [1.29, 1.82) is 0 Å². The number of benzene rings is 1. The number of sulfone groups is 1. The van der Waals surface area contributed by atoms with Gasteiger partial charge in [0.15, 0.2) is 0 Å². The molecular formula is C20H28N2O3S. The first-order valence-corrected chi connectivity index (χ1v) is 10.8. The number of hydrogen-bond donors (Lipinski definition) is 0. The molecule has 0 amide bonds. The second-order valence-electron chi connectivity index (χ2n) is 8.10. The molecule has 1 fully saturated rings. The lowest BCUT2D eigenvalue weighted by atomic mass is 9.97. The van der Waals surface area contributed by atoms with Gasteiger partial charge in [-0.1, -0.05) is 51.3 Å². The van der Waals surface area contributed by atoms with Gasteiger partial charge in [0.05, 0.1) is 4.90 Å². The van der Waals surface area contributed by atoms with Crippen molar-refractivity contribution < 1.29 is 12.8 Å². The molecule has 3 rings (SSSR count). The van der Waals surface area contributed by atoms with E-state index in [4.69, 9.17) is 4.42 Å². The van der Waals surface area contributed by atoms with E-state index < -0.39 is 9.84 Å². The van der Waals surface area contributed by atoms with Crippen molar-refractivity contribution in [1.82, 2.24) is 4.98 Å². The molecule has 0 bridgehead atoms. The molecule has 142 valence electrons. The molecule has 0 radical (unpaired) electrons. The van der Waals surface area contributed by atoms with Crippen LogP contribution in [0.1, 0.15) is 57.9 Å². The van der Waals surface area contributed by atoms with Gasteiger partial charge < -0.3 is 9.32 Å². The molecule has 1 aliphatic rings. The first-order chi connectivity index (χ1) is 12.2. The average molecular weight is 377 g/mol. The zero-order valence-electron chi connectivity index (χ0n) is 16.1. The summed E-state index contributed by atoms with van der Waals surface area (Å²) in [4.78, 5) is 6.77. The van der Waals surface area contributed by atoms with Crippen molar-refractivity contribution in [3.63, 3.8) is 0 Å². The molecule has 2 aromatic rings. The minimum Gasteiger partial charge on any atom is -0.423 e.